The van der Waals surface area contributed by atoms with Gasteiger partial charge in [-0.05, 0) is 38.1 Å². The lowest BCUT2D eigenvalue weighted by Crippen LogP contribution is -2.28. The molecule has 2 heterocycles. The summed E-state index contributed by atoms with van der Waals surface area (Å²) < 4.78 is 1.32. The Morgan fingerprint density at radius 1 is 1.13 bits per heavy atom. The van der Waals surface area contributed by atoms with Gasteiger partial charge in [-0.25, -0.2) is 9.67 Å². The fraction of sp³-hybridized carbons (Fsp3) is 0.143. The maximum Gasteiger partial charge on any atom is 0.278 e. The number of nitrogens with zero attached hydrogens (tertiary/aromatic N) is 3. The second kappa shape index (κ2) is 8.18. The van der Waals surface area contributed by atoms with Gasteiger partial charge in [0.25, 0.3) is 11.5 Å². The number of carbonyl (C=O) groups is 1. The number of carbonyl (C=O) groups excluding carboxylic acids is 1. The molecule has 6 nitrogen and oxygen atoms in total. The molecule has 0 aliphatic carbocycles. The third-order valence-corrected chi connectivity index (χ3v) is 5.77. The fourth-order valence-corrected chi connectivity index (χ4v) is 4.24. The molecule has 1 amide bonds. The Morgan fingerprint density at radius 3 is 2.57 bits per heavy atom. The molecule has 30 heavy (non-hydrogen) atoms. The van der Waals surface area contributed by atoms with Crippen LogP contribution in [0.15, 0.2) is 52.6 Å². The Hall–Kier alpha value is -2.74. The van der Waals surface area contributed by atoms with Crippen molar-refractivity contribution in [3.8, 4) is 11.3 Å². The molecule has 4 aromatic rings. The van der Waals surface area contributed by atoms with Crippen molar-refractivity contribution in [3.05, 3.63) is 73.9 Å². The molecule has 0 aliphatic rings. The van der Waals surface area contributed by atoms with Crippen LogP contribution in [0.1, 0.15) is 30.4 Å². The Kier molecular flexibility index (Phi) is 5.60. The lowest BCUT2D eigenvalue weighted by Gasteiger charge is -2.12. The average molecular weight is 459 g/mol. The summed E-state index contributed by atoms with van der Waals surface area (Å²) in [6, 6.07) is 11.9. The maximum atomic E-state index is 13.0. The molecule has 0 spiro atoms. The summed E-state index contributed by atoms with van der Waals surface area (Å²) in [5.41, 5.74) is 1.28. The van der Waals surface area contributed by atoms with Crippen LogP contribution in [0.4, 0.5) is 5.13 Å². The van der Waals surface area contributed by atoms with Crippen molar-refractivity contribution >= 4 is 56.3 Å². The molecule has 152 valence electrons. The number of halogens is 2. The van der Waals surface area contributed by atoms with Crippen LogP contribution in [0.25, 0.3) is 22.0 Å². The number of nitrogens with one attached hydrogen (secondary N) is 1. The van der Waals surface area contributed by atoms with Crippen LogP contribution >= 0.6 is 34.5 Å². The number of anilines is 1. The molecule has 0 saturated carbocycles. The van der Waals surface area contributed by atoms with E-state index >= 15 is 0 Å². The van der Waals surface area contributed by atoms with Crippen molar-refractivity contribution in [3.63, 3.8) is 0 Å². The van der Waals surface area contributed by atoms with E-state index in [-0.39, 0.29) is 17.3 Å². The van der Waals surface area contributed by atoms with Gasteiger partial charge in [0.05, 0.1) is 22.1 Å². The van der Waals surface area contributed by atoms with E-state index in [1.165, 1.54) is 16.0 Å². The van der Waals surface area contributed by atoms with Crippen LogP contribution in [-0.4, -0.2) is 20.7 Å². The van der Waals surface area contributed by atoms with Crippen molar-refractivity contribution in [2.45, 2.75) is 19.9 Å². The number of thiazole rings is 1. The molecule has 2 aromatic carbocycles. The first-order valence-corrected chi connectivity index (χ1v) is 10.7. The third-order valence-electron chi connectivity index (χ3n) is 4.46. The summed E-state index contributed by atoms with van der Waals surface area (Å²) in [5, 5.41) is 11.2. The minimum atomic E-state index is -0.441. The van der Waals surface area contributed by atoms with Gasteiger partial charge >= 0.3 is 0 Å². The lowest BCUT2D eigenvalue weighted by atomic mass is 10.1. The van der Waals surface area contributed by atoms with Gasteiger partial charge in [0.1, 0.15) is 0 Å². The highest BCUT2D eigenvalue weighted by Crippen LogP contribution is 2.32. The largest absolute Gasteiger partial charge is 0.296 e. The number of hydrogen-bond donors (Lipinski definition) is 1. The summed E-state index contributed by atoms with van der Waals surface area (Å²) in [6.07, 6.45) is 0. The minimum Gasteiger partial charge on any atom is -0.296 e. The van der Waals surface area contributed by atoms with E-state index in [1.807, 2.05) is 13.8 Å². The van der Waals surface area contributed by atoms with Crippen LogP contribution in [0, 0.1) is 0 Å². The van der Waals surface area contributed by atoms with Crippen LogP contribution in [0.3, 0.4) is 0 Å². The minimum absolute atomic E-state index is 0.167. The first kappa shape index (κ1) is 20.5. The van der Waals surface area contributed by atoms with Gasteiger partial charge in [0, 0.05) is 21.4 Å². The molecule has 4 rings (SSSR count). The highest BCUT2D eigenvalue weighted by molar-refractivity contribution is 7.14. The van der Waals surface area contributed by atoms with Gasteiger partial charge in [-0.3, -0.25) is 14.9 Å². The van der Waals surface area contributed by atoms with Crippen molar-refractivity contribution in [2.24, 2.45) is 0 Å². The van der Waals surface area contributed by atoms with E-state index in [0.29, 0.717) is 31.6 Å². The van der Waals surface area contributed by atoms with Crippen molar-refractivity contribution in [2.75, 3.05) is 5.32 Å². The quantitative estimate of drug-likeness (QED) is 0.427. The second-order valence-corrected chi connectivity index (χ2v) is 8.56. The molecule has 0 aliphatic heterocycles. The number of amides is 1. The first-order valence-electron chi connectivity index (χ1n) is 9.09. The summed E-state index contributed by atoms with van der Waals surface area (Å²) in [6.45, 7) is 3.68. The zero-order chi connectivity index (χ0) is 21.4. The van der Waals surface area contributed by atoms with Crippen LogP contribution < -0.4 is 10.9 Å². The van der Waals surface area contributed by atoms with Crippen LogP contribution in [-0.2, 0) is 0 Å². The van der Waals surface area contributed by atoms with Crippen LogP contribution in [0.2, 0.25) is 10.0 Å². The molecular formula is C21H16Cl2N4O2S. The summed E-state index contributed by atoms with van der Waals surface area (Å²) in [5.74, 6) is -0.441. The fourth-order valence-electron chi connectivity index (χ4n) is 3.03. The molecule has 0 fully saturated rings. The number of fused-ring (bicyclic) bond motifs is 1. The number of aromatic nitrogens is 3. The normalized spacial score (nSPS) is 11.2. The lowest BCUT2D eigenvalue weighted by molar-refractivity contribution is 0.102. The van der Waals surface area contributed by atoms with Gasteiger partial charge in [0.2, 0.25) is 0 Å². The van der Waals surface area contributed by atoms with Gasteiger partial charge in [0.15, 0.2) is 10.8 Å². The Balaban J connectivity index is 1.70. The Morgan fingerprint density at radius 2 is 1.87 bits per heavy atom. The standard InChI is InChI=1S/C21H16Cl2N4O2S/c1-11(2)27-20(29)14-6-4-3-5-13(14)18(26-27)19(28)25-21-24-17(10-30-21)15-8-7-12(22)9-16(15)23/h3-11H,1-2H3,(H,24,25,28). The maximum absolute atomic E-state index is 13.0. The molecule has 0 atom stereocenters. The molecular weight excluding hydrogens is 443 g/mol. The van der Waals surface area contributed by atoms with E-state index < -0.39 is 5.91 Å². The SMILES string of the molecule is CC(C)n1nc(C(=O)Nc2nc(-c3ccc(Cl)cc3Cl)cs2)c2ccccc2c1=O. The molecule has 2 aromatic heterocycles. The van der Waals surface area contributed by atoms with E-state index in [1.54, 1.807) is 47.8 Å². The molecule has 0 bridgehead atoms. The summed E-state index contributed by atoms with van der Waals surface area (Å²) >= 11 is 13.5. The average Bonchev–Trinajstić information content (AvgIpc) is 3.16. The zero-order valence-electron chi connectivity index (χ0n) is 16.0. The van der Waals surface area contributed by atoms with Gasteiger partial charge in [-0.2, -0.15) is 5.10 Å². The predicted molar refractivity (Wildman–Crippen MR) is 122 cm³/mol. The number of rotatable bonds is 4. The Bertz CT molecular complexity index is 1330. The number of benzene rings is 2. The van der Waals surface area contributed by atoms with Gasteiger partial charge < -0.3 is 0 Å². The Labute approximate surface area is 186 Å². The molecule has 9 heteroatoms. The molecule has 0 radical (unpaired) electrons. The number of hydrogen-bond acceptors (Lipinski definition) is 5. The molecule has 0 saturated heterocycles. The zero-order valence-corrected chi connectivity index (χ0v) is 18.3. The summed E-state index contributed by atoms with van der Waals surface area (Å²) in [4.78, 5) is 30.1. The second-order valence-electron chi connectivity index (χ2n) is 6.85. The van der Waals surface area contributed by atoms with Gasteiger partial charge in [-0.15, -0.1) is 11.3 Å². The summed E-state index contributed by atoms with van der Waals surface area (Å²) in [7, 11) is 0. The van der Waals surface area contributed by atoms with E-state index in [0.717, 1.165) is 5.56 Å². The van der Waals surface area contributed by atoms with E-state index in [2.05, 4.69) is 15.4 Å². The highest BCUT2D eigenvalue weighted by Gasteiger charge is 2.19. The van der Waals surface area contributed by atoms with Crippen molar-refractivity contribution in [1.82, 2.24) is 14.8 Å². The molecule has 0 unspecified atom stereocenters. The van der Waals surface area contributed by atoms with Gasteiger partial charge in [-0.1, -0.05) is 41.4 Å². The van der Waals surface area contributed by atoms with Crippen LogP contribution in [0.5, 0.6) is 0 Å². The van der Waals surface area contributed by atoms with Crippen molar-refractivity contribution in [1.29, 1.82) is 0 Å². The topological polar surface area (TPSA) is 76.9 Å². The predicted octanol–water partition coefficient (Wildman–Crippen LogP) is 5.66. The smallest absolute Gasteiger partial charge is 0.278 e. The van der Waals surface area contributed by atoms with E-state index in [9.17, 15) is 9.59 Å². The highest BCUT2D eigenvalue weighted by atomic mass is 35.5. The molecule has 1 N–H and O–H groups in total. The monoisotopic (exact) mass is 458 g/mol. The first-order chi connectivity index (χ1) is 14.3. The van der Waals surface area contributed by atoms with E-state index in [4.69, 9.17) is 23.2 Å². The van der Waals surface area contributed by atoms with Crippen molar-refractivity contribution < 1.29 is 4.79 Å². The third kappa shape index (κ3) is 3.84.